The van der Waals surface area contributed by atoms with Crippen molar-refractivity contribution in [1.29, 1.82) is 0 Å². The Hall–Kier alpha value is -1.40. The molecule has 1 N–H and O–H groups in total. The Balaban J connectivity index is 2.56. The molecule has 0 saturated heterocycles. The molecule has 21 heavy (non-hydrogen) atoms. The third-order valence-electron chi connectivity index (χ3n) is 3.33. The standard InChI is InChI=1S/C15H19BrFN3O/c1-4-8-18-14(15-10(16)9-19-20(15)2)13-11(17)6-5-7-12(13)21-3/h5-7,9,14,18H,4,8H2,1-3H3. The zero-order valence-corrected chi connectivity index (χ0v) is 13.9. The average molecular weight is 356 g/mol. The molecular weight excluding hydrogens is 337 g/mol. The second-order valence-electron chi connectivity index (χ2n) is 4.74. The minimum atomic E-state index is -0.331. The quantitative estimate of drug-likeness (QED) is 0.862. The first-order chi connectivity index (χ1) is 10.1. The minimum Gasteiger partial charge on any atom is -0.496 e. The summed E-state index contributed by atoms with van der Waals surface area (Å²) in [5.41, 5.74) is 1.37. The molecule has 0 amide bonds. The third-order valence-corrected chi connectivity index (χ3v) is 3.94. The first-order valence-corrected chi connectivity index (χ1v) is 7.62. The van der Waals surface area contributed by atoms with Crippen molar-refractivity contribution in [2.75, 3.05) is 13.7 Å². The van der Waals surface area contributed by atoms with E-state index in [1.807, 2.05) is 7.05 Å². The molecule has 1 unspecified atom stereocenters. The average Bonchev–Trinajstić information content (AvgIpc) is 2.80. The maximum atomic E-state index is 14.4. The molecule has 0 bridgehead atoms. The van der Waals surface area contributed by atoms with Crippen molar-refractivity contribution < 1.29 is 9.13 Å². The van der Waals surface area contributed by atoms with E-state index in [9.17, 15) is 4.39 Å². The van der Waals surface area contributed by atoms with Crippen molar-refractivity contribution in [2.45, 2.75) is 19.4 Å². The fourth-order valence-electron chi connectivity index (χ4n) is 2.34. The lowest BCUT2D eigenvalue weighted by Crippen LogP contribution is -2.27. The normalized spacial score (nSPS) is 12.4. The number of benzene rings is 1. The summed E-state index contributed by atoms with van der Waals surface area (Å²) in [5.74, 6) is 0.229. The summed E-state index contributed by atoms with van der Waals surface area (Å²) in [6, 6.07) is 4.53. The monoisotopic (exact) mass is 355 g/mol. The molecule has 1 heterocycles. The highest BCUT2D eigenvalue weighted by Gasteiger charge is 2.26. The summed E-state index contributed by atoms with van der Waals surface area (Å²) in [6.45, 7) is 2.83. The molecule has 2 aromatic rings. The fourth-order valence-corrected chi connectivity index (χ4v) is 2.92. The second kappa shape index (κ2) is 7.04. The lowest BCUT2D eigenvalue weighted by Gasteiger charge is -2.22. The number of hydrogen-bond donors (Lipinski definition) is 1. The van der Waals surface area contributed by atoms with E-state index in [0.29, 0.717) is 11.3 Å². The van der Waals surface area contributed by atoms with Crippen LogP contribution in [0.1, 0.15) is 30.6 Å². The van der Waals surface area contributed by atoms with E-state index in [2.05, 4.69) is 33.3 Å². The van der Waals surface area contributed by atoms with Crippen LogP contribution in [-0.4, -0.2) is 23.4 Å². The highest BCUT2D eigenvalue weighted by atomic mass is 79.9. The zero-order valence-electron chi connectivity index (χ0n) is 12.4. The van der Waals surface area contributed by atoms with Crippen molar-refractivity contribution in [2.24, 2.45) is 7.05 Å². The van der Waals surface area contributed by atoms with Crippen molar-refractivity contribution in [3.63, 3.8) is 0 Å². The number of aromatic nitrogens is 2. The maximum absolute atomic E-state index is 14.4. The van der Waals surface area contributed by atoms with Gasteiger partial charge in [0.15, 0.2) is 0 Å². The Bertz CT molecular complexity index is 595. The molecule has 0 fully saturated rings. The van der Waals surface area contributed by atoms with Crippen LogP contribution in [0.4, 0.5) is 4.39 Å². The summed E-state index contributed by atoms with van der Waals surface area (Å²) in [5, 5.41) is 7.60. The molecule has 114 valence electrons. The summed E-state index contributed by atoms with van der Waals surface area (Å²) in [7, 11) is 3.39. The van der Waals surface area contributed by atoms with Gasteiger partial charge in [0.25, 0.3) is 0 Å². The van der Waals surface area contributed by atoms with Gasteiger partial charge in [-0.2, -0.15) is 5.10 Å². The van der Waals surface area contributed by atoms with E-state index >= 15 is 0 Å². The number of nitrogens with zero attached hydrogens (tertiary/aromatic N) is 2. The van der Waals surface area contributed by atoms with E-state index in [4.69, 9.17) is 4.74 Å². The van der Waals surface area contributed by atoms with Gasteiger partial charge < -0.3 is 10.1 Å². The van der Waals surface area contributed by atoms with E-state index in [1.54, 1.807) is 30.1 Å². The van der Waals surface area contributed by atoms with Crippen LogP contribution in [0.2, 0.25) is 0 Å². The molecule has 6 heteroatoms. The number of nitrogens with one attached hydrogen (secondary N) is 1. The van der Waals surface area contributed by atoms with Gasteiger partial charge in [0.2, 0.25) is 0 Å². The van der Waals surface area contributed by atoms with Crippen LogP contribution < -0.4 is 10.1 Å². The molecule has 1 aromatic carbocycles. The van der Waals surface area contributed by atoms with E-state index in [-0.39, 0.29) is 11.9 Å². The molecule has 2 rings (SSSR count). The summed E-state index contributed by atoms with van der Waals surface area (Å²) in [6.07, 6.45) is 2.66. The van der Waals surface area contributed by atoms with Gasteiger partial charge in [0, 0.05) is 7.05 Å². The van der Waals surface area contributed by atoms with Crippen LogP contribution in [-0.2, 0) is 7.05 Å². The van der Waals surface area contributed by atoms with E-state index in [1.165, 1.54) is 6.07 Å². The Morgan fingerprint density at radius 1 is 1.48 bits per heavy atom. The number of aryl methyl sites for hydroxylation is 1. The number of rotatable bonds is 6. The zero-order chi connectivity index (χ0) is 15.4. The SMILES string of the molecule is CCCNC(c1c(F)cccc1OC)c1c(Br)cnn1C. The van der Waals surface area contributed by atoms with E-state index in [0.717, 1.165) is 23.1 Å². The van der Waals surface area contributed by atoms with Gasteiger partial charge in [-0.3, -0.25) is 4.68 Å². The minimum absolute atomic E-state index is 0.295. The number of hydrogen-bond acceptors (Lipinski definition) is 3. The largest absolute Gasteiger partial charge is 0.496 e. The Morgan fingerprint density at radius 3 is 2.81 bits per heavy atom. The van der Waals surface area contributed by atoms with Gasteiger partial charge in [-0.25, -0.2) is 4.39 Å². The predicted octanol–water partition coefficient (Wildman–Crippen LogP) is 3.42. The van der Waals surface area contributed by atoms with Gasteiger partial charge in [0.05, 0.1) is 35.1 Å². The van der Waals surface area contributed by atoms with Crippen molar-refractivity contribution in [1.82, 2.24) is 15.1 Å². The summed E-state index contributed by atoms with van der Waals surface area (Å²) < 4.78 is 22.3. The lowest BCUT2D eigenvalue weighted by atomic mass is 10.0. The first-order valence-electron chi connectivity index (χ1n) is 6.83. The molecule has 0 aliphatic rings. The summed E-state index contributed by atoms with van der Waals surface area (Å²) >= 11 is 3.49. The molecule has 4 nitrogen and oxygen atoms in total. The lowest BCUT2D eigenvalue weighted by molar-refractivity contribution is 0.394. The molecule has 0 aliphatic carbocycles. The van der Waals surface area contributed by atoms with Crippen LogP contribution in [0, 0.1) is 5.82 Å². The van der Waals surface area contributed by atoms with Crippen molar-refractivity contribution in [3.05, 3.63) is 45.9 Å². The van der Waals surface area contributed by atoms with Crippen LogP contribution in [0.25, 0.3) is 0 Å². The highest BCUT2D eigenvalue weighted by molar-refractivity contribution is 9.10. The smallest absolute Gasteiger partial charge is 0.132 e. The van der Waals surface area contributed by atoms with Gasteiger partial charge in [-0.15, -0.1) is 0 Å². The molecule has 0 spiro atoms. The molecule has 0 radical (unpaired) electrons. The van der Waals surface area contributed by atoms with Crippen LogP contribution in [0.3, 0.4) is 0 Å². The van der Waals surface area contributed by atoms with Crippen molar-refractivity contribution in [3.8, 4) is 5.75 Å². The Kier molecular flexibility index (Phi) is 5.36. The number of methoxy groups -OCH3 is 1. The number of halogens is 2. The van der Waals surface area contributed by atoms with Gasteiger partial charge in [-0.05, 0) is 41.0 Å². The molecule has 1 atom stereocenters. The first kappa shape index (κ1) is 16.0. The number of ether oxygens (including phenoxy) is 1. The van der Waals surface area contributed by atoms with Gasteiger partial charge in [0.1, 0.15) is 11.6 Å². The summed E-state index contributed by atoms with van der Waals surface area (Å²) in [4.78, 5) is 0. The highest BCUT2D eigenvalue weighted by Crippen LogP contribution is 2.35. The van der Waals surface area contributed by atoms with E-state index < -0.39 is 0 Å². The second-order valence-corrected chi connectivity index (χ2v) is 5.60. The Morgan fingerprint density at radius 2 is 2.24 bits per heavy atom. The molecule has 0 saturated carbocycles. The molecule has 0 aliphatic heterocycles. The topological polar surface area (TPSA) is 39.1 Å². The molecular formula is C15H19BrFN3O. The van der Waals surface area contributed by atoms with Crippen LogP contribution in [0.15, 0.2) is 28.9 Å². The third kappa shape index (κ3) is 3.27. The Labute approximate surface area is 132 Å². The maximum Gasteiger partial charge on any atom is 0.132 e. The van der Waals surface area contributed by atoms with Crippen LogP contribution in [0.5, 0.6) is 5.75 Å². The van der Waals surface area contributed by atoms with Gasteiger partial charge in [-0.1, -0.05) is 13.0 Å². The van der Waals surface area contributed by atoms with Crippen molar-refractivity contribution >= 4 is 15.9 Å². The fraction of sp³-hybridized carbons (Fsp3) is 0.400. The predicted molar refractivity (Wildman–Crippen MR) is 84.0 cm³/mol. The van der Waals surface area contributed by atoms with Crippen LogP contribution >= 0.6 is 15.9 Å². The van der Waals surface area contributed by atoms with Gasteiger partial charge >= 0.3 is 0 Å². The molecule has 1 aromatic heterocycles.